The van der Waals surface area contributed by atoms with Crippen molar-refractivity contribution in [2.75, 3.05) is 7.11 Å². The minimum atomic E-state index is 0.227. The Labute approximate surface area is 75.6 Å². The zero-order chi connectivity index (χ0) is 9.56. The van der Waals surface area contributed by atoms with E-state index >= 15 is 0 Å². The highest BCUT2D eigenvalue weighted by atomic mass is 16.5. The molecule has 0 saturated heterocycles. The highest BCUT2D eigenvalue weighted by Crippen LogP contribution is 2.14. The van der Waals surface area contributed by atoms with Crippen LogP contribution < -0.4 is 11.3 Å². The van der Waals surface area contributed by atoms with Gasteiger partial charge in [0.25, 0.3) is 0 Å². The van der Waals surface area contributed by atoms with Gasteiger partial charge < -0.3 is 4.74 Å². The molecule has 3 nitrogen and oxygen atoms in total. The number of hydrogen-bond donors (Lipinski definition) is 2. The Hall–Kier alpha value is -0.120. The largest absolute Gasteiger partial charge is 0.380 e. The van der Waals surface area contributed by atoms with Gasteiger partial charge in [-0.1, -0.05) is 27.2 Å². The minimum absolute atomic E-state index is 0.227. The van der Waals surface area contributed by atoms with Crippen molar-refractivity contribution in [3.8, 4) is 0 Å². The molecule has 0 aliphatic rings. The normalized spacial score (nSPS) is 18.8. The number of nitrogens with one attached hydrogen (secondary N) is 1. The first-order valence-corrected chi connectivity index (χ1v) is 4.70. The van der Waals surface area contributed by atoms with Gasteiger partial charge in [0.15, 0.2) is 0 Å². The van der Waals surface area contributed by atoms with E-state index < -0.39 is 0 Å². The average Bonchev–Trinajstić information content (AvgIpc) is 2.12. The van der Waals surface area contributed by atoms with Crippen LogP contribution in [-0.4, -0.2) is 19.3 Å². The van der Waals surface area contributed by atoms with E-state index in [1.54, 1.807) is 7.11 Å². The van der Waals surface area contributed by atoms with Crippen molar-refractivity contribution in [1.82, 2.24) is 5.43 Å². The summed E-state index contributed by atoms with van der Waals surface area (Å²) >= 11 is 0. The van der Waals surface area contributed by atoms with Gasteiger partial charge in [-0.3, -0.25) is 11.3 Å². The summed E-state index contributed by atoms with van der Waals surface area (Å²) in [5.74, 6) is 6.03. The van der Waals surface area contributed by atoms with Gasteiger partial charge in [-0.05, 0) is 12.3 Å². The lowest BCUT2D eigenvalue weighted by Crippen LogP contribution is -2.48. The SMILES string of the molecule is CCC(C)C(NN)C(CC)OC. The third-order valence-electron chi connectivity index (χ3n) is 2.56. The molecule has 0 aliphatic carbocycles. The molecule has 0 bridgehead atoms. The zero-order valence-corrected chi connectivity index (χ0v) is 8.63. The number of rotatable bonds is 6. The summed E-state index contributed by atoms with van der Waals surface area (Å²) in [6, 6.07) is 0.269. The first-order chi connectivity index (χ1) is 5.71. The van der Waals surface area contributed by atoms with Crippen LogP contribution >= 0.6 is 0 Å². The van der Waals surface area contributed by atoms with Crippen LogP contribution in [0, 0.1) is 5.92 Å². The monoisotopic (exact) mass is 174 g/mol. The first kappa shape index (κ1) is 11.9. The maximum atomic E-state index is 5.47. The van der Waals surface area contributed by atoms with Crippen LogP contribution in [0.4, 0.5) is 0 Å². The van der Waals surface area contributed by atoms with Gasteiger partial charge >= 0.3 is 0 Å². The standard InChI is InChI=1S/C9H22N2O/c1-5-7(3)9(11-10)8(6-2)12-4/h7-9,11H,5-6,10H2,1-4H3. The molecule has 0 aromatic carbocycles. The van der Waals surface area contributed by atoms with Gasteiger partial charge in [0.1, 0.15) is 0 Å². The van der Waals surface area contributed by atoms with E-state index in [1.165, 1.54) is 0 Å². The van der Waals surface area contributed by atoms with E-state index in [4.69, 9.17) is 10.6 Å². The fraction of sp³-hybridized carbons (Fsp3) is 1.00. The predicted octanol–water partition coefficient (Wildman–Crippen LogP) is 1.29. The van der Waals surface area contributed by atoms with Crippen molar-refractivity contribution < 1.29 is 4.74 Å². The van der Waals surface area contributed by atoms with E-state index in [0.29, 0.717) is 5.92 Å². The molecule has 12 heavy (non-hydrogen) atoms. The summed E-state index contributed by atoms with van der Waals surface area (Å²) in [7, 11) is 1.74. The summed E-state index contributed by atoms with van der Waals surface area (Å²) in [5, 5.41) is 0. The van der Waals surface area contributed by atoms with Crippen molar-refractivity contribution in [2.24, 2.45) is 11.8 Å². The summed E-state index contributed by atoms with van der Waals surface area (Å²) in [6.45, 7) is 6.46. The van der Waals surface area contributed by atoms with E-state index in [9.17, 15) is 0 Å². The fourth-order valence-electron chi connectivity index (χ4n) is 1.46. The molecule has 0 aliphatic heterocycles. The van der Waals surface area contributed by atoms with Crippen LogP contribution in [0.2, 0.25) is 0 Å². The van der Waals surface area contributed by atoms with Crippen molar-refractivity contribution in [2.45, 2.75) is 45.8 Å². The Morgan fingerprint density at radius 1 is 1.33 bits per heavy atom. The van der Waals surface area contributed by atoms with Crippen LogP contribution in [0.3, 0.4) is 0 Å². The second-order valence-corrected chi connectivity index (χ2v) is 3.26. The topological polar surface area (TPSA) is 47.3 Å². The van der Waals surface area contributed by atoms with Crippen LogP contribution in [0.25, 0.3) is 0 Å². The van der Waals surface area contributed by atoms with E-state index in [2.05, 4.69) is 26.2 Å². The third kappa shape index (κ3) is 3.09. The van der Waals surface area contributed by atoms with Crippen molar-refractivity contribution in [1.29, 1.82) is 0 Å². The lowest BCUT2D eigenvalue weighted by molar-refractivity contribution is 0.0466. The summed E-state index contributed by atoms with van der Waals surface area (Å²) in [4.78, 5) is 0. The molecular formula is C9H22N2O. The fourth-order valence-corrected chi connectivity index (χ4v) is 1.46. The minimum Gasteiger partial charge on any atom is -0.380 e. The number of hydrogen-bond acceptors (Lipinski definition) is 3. The number of hydrazine groups is 1. The Kier molecular flexibility index (Phi) is 6.34. The molecule has 3 unspecified atom stereocenters. The lowest BCUT2D eigenvalue weighted by atomic mass is 9.93. The molecule has 0 spiro atoms. The molecule has 0 fully saturated rings. The number of methoxy groups -OCH3 is 1. The highest BCUT2D eigenvalue weighted by Gasteiger charge is 2.22. The van der Waals surface area contributed by atoms with Gasteiger partial charge in [0.2, 0.25) is 0 Å². The zero-order valence-electron chi connectivity index (χ0n) is 8.63. The molecule has 0 aromatic heterocycles. The average molecular weight is 174 g/mol. The Morgan fingerprint density at radius 3 is 2.17 bits per heavy atom. The first-order valence-electron chi connectivity index (χ1n) is 4.70. The highest BCUT2D eigenvalue weighted by molar-refractivity contribution is 4.78. The van der Waals surface area contributed by atoms with Crippen molar-refractivity contribution in [3.05, 3.63) is 0 Å². The van der Waals surface area contributed by atoms with Crippen LogP contribution in [0.1, 0.15) is 33.6 Å². The van der Waals surface area contributed by atoms with E-state index in [-0.39, 0.29) is 12.1 Å². The quantitative estimate of drug-likeness (QED) is 0.471. The smallest absolute Gasteiger partial charge is 0.0737 e. The molecular weight excluding hydrogens is 152 g/mol. The van der Waals surface area contributed by atoms with Gasteiger partial charge in [0, 0.05) is 13.2 Å². The molecule has 3 atom stereocenters. The van der Waals surface area contributed by atoms with Gasteiger partial charge in [-0.2, -0.15) is 0 Å². The molecule has 0 saturated carbocycles. The summed E-state index contributed by atoms with van der Waals surface area (Å²) < 4.78 is 5.33. The molecule has 0 heterocycles. The van der Waals surface area contributed by atoms with E-state index in [0.717, 1.165) is 12.8 Å². The Bertz CT molecular complexity index is 105. The number of ether oxygens (including phenoxy) is 1. The summed E-state index contributed by atoms with van der Waals surface area (Å²) in [5.41, 5.74) is 2.83. The van der Waals surface area contributed by atoms with Crippen LogP contribution in [0.5, 0.6) is 0 Å². The Morgan fingerprint density at radius 2 is 1.92 bits per heavy atom. The van der Waals surface area contributed by atoms with Crippen molar-refractivity contribution in [3.63, 3.8) is 0 Å². The molecule has 0 amide bonds. The van der Waals surface area contributed by atoms with Crippen LogP contribution in [0.15, 0.2) is 0 Å². The lowest BCUT2D eigenvalue weighted by Gasteiger charge is -2.28. The molecule has 3 heteroatoms. The second kappa shape index (κ2) is 6.40. The maximum absolute atomic E-state index is 5.47. The Balaban J connectivity index is 4.09. The molecule has 3 N–H and O–H groups in total. The predicted molar refractivity (Wildman–Crippen MR) is 51.7 cm³/mol. The summed E-state index contributed by atoms with van der Waals surface area (Å²) in [6.07, 6.45) is 2.34. The van der Waals surface area contributed by atoms with Crippen molar-refractivity contribution >= 4 is 0 Å². The van der Waals surface area contributed by atoms with Gasteiger partial charge in [-0.25, -0.2) is 0 Å². The molecule has 74 valence electrons. The van der Waals surface area contributed by atoms with E-state index in [1.807, 2.05) is 0 Å². The van der Waals surface area contributed by atoms with Gasteiger partial charge in [0.05, 0.1) is 6.10 Å². The molecule has 0 radical (unpaired) electrons. The number of nitrogens with two attached hydrogens (primary N) is 1. The molecule has 0 aromatic rings. The second-order valence-electron chi connectivity index (χ2n) is 3.26. The molecule has 0 rings (SSSR count). The van der Waals surface area contributed by atoms with Crippen LogP contribution in [-0.2, 0) is 4.74 Å². The third-order valence-corrected chi connectivity index (χ3v) is 2.56. The maximum Gasteiger partial charge on any atom is 0.0737 e. The van der Waals surface area contributed by atoms with Gasteiger partial charge in [-0.15, -0.1) is 0 Å².